The van der Waals surface area contributed by atoms with Gasteiger partial charge in [-0.2, -0.15) is 0 Å². The van der Waals surface area contributed by atoms with Crippen LogP contribution in [0.15, 0.2) is 12.1 Å². The molecule has 0 aliphatic carbocycles. The van der Waals surface area contributed by atoms with E-state index in [0.29, 0.717) is 12.1 Å². The zero-order valence-corrected chi connectivity index (χ0v) is 10.4. The molecule has 1 atom stereocenters. The van der Waals surface area contributed by atoms with Crippen LogP contribution in [0.25, 0.3) is 0 Å². The van der Waals surface area contributed by atoms with Crippen LogP contribution < -0.4 is 5.32 Å². The van der Waals surface area contributed by atoms with Crippen LogP contribution in [0.2, 0.25) is 5.02 Å². The number of hydrogen-bond acceptors (Lipinski definition) is 1. The Balaban J connectivity index is 3.13. The van der Waals surface area contributed by atoms with Gasteiger partial charge in [0.15, 0.2) is 0 Å². The standard InChI is InChI=1S/C12H16ClF2N/c1-4-16-12(7(2)3)8-5-11(15)9(13)6-10(8)14/h5-7,12,16H,4H2,1-3H3. The van der Waals surface area contributed by atoms with Gasteiger partial charge in [-0.15, -0.1) is 0 Å². The maximum atomic E-state index is 13.7. The summed E-state index contributed by atoms with van der Waals surface area (Å²) in [5.74, 6) is -0.873. The van der Waals surface area contributed by atoms with Gasteiger partial charge in [-0.1, -0.05) is 32.4 Å². The molecule has 0 spiro atoms. The number of benzene rings is 1. The van der Waals surface area contributed by atoms with Crippen molar-refractivity contribution in [1.82, 2.24) is 5.32 Å². The van der Waals surface area contributed by atoms with Gasteiger partial charge < -0.3 is 5.32 Å². The second-order valence-electron chi connectivity index (χ2n) is 4.07. The lowest BCUT2D eigenvalue weighted by Gasteiger charge is -2.23. The van der Waals surface area contributed by atoms with Crippen molar-refractivity contribution in [3.05, 3.63) is 34.4 Å². The largest absolute Gasteiger partial charge is 0.310 e. The molecule has 0 amide bonds. The van der Waals surface area contributed by atoms with E-state index in [0.717, 1.165) is 6.07 Å². The maximum absolute atomic E-state index is 13.7. The lowest BCUT2D eigenvalue weighted by Crippen LogP contribution is -2.26. The molecule has 1 aromatic rings. The van der Waals surface area contributed by atoms with Gasteiger partial charge in [0.1, 0.15) is 11.6 Å². The van der Waals surface area contributed by atoms with Gasteiger partial charge >= 0.3 is 0 Å². The molecule has 0 saturated heterocycles. The molecule has 0 fully saturated rings. The van der Waals surface area contributed by atoms with Crippen LogP contribution >= 0.6 is 11.6 Å². The highest BCUT2D eigenvalue weighted by Crippen LogP contribution is 2.28. The molecule has 1 nitrogen and oxygen atoms in total. The van der Waals surface area contributed by atoms with E-state index in [-0.39, 0.29) is 17.0 Å². The highest BCUT2D eigenvalue weighted by atomic mass is 35.5. The topological polar surface area (TPSA) is 12.0 Å². The quantitative estimate of drug-likeness (QED) is 0.795. The Hall–Kier alpha value is -0.670. The molecule has 1 aromatic carbocycles. The Labute approximate surface area is 99.8 Å². The summed E-state index contributed by atoms with van der Waals surface area (Å²) in [6, 6.07) is 2.00. The second-order valence-corrected chi connectivity index (χ2v) is 4.47. The summed E-state index contributed by atoms with van der Waals surface area (Å²) in [6.45, 7) is 6.55. The summed E-state index contributed by atoms with van der Waals surface area (Å²) in [4.78, 5) is 0. The van der Waals surface area contributed by atoms with Crippen LogP contribution in [0.3, 0.4) is 0 Å². The van der Waals surface area contributed by atoms with E-state index >= 15 is 0 Å². The van der Waals surface area contributed by atoms with Gasteiger partial charge in [-0.05, 0) is 24.6 Å². The molecule has 1 rings (SSSR count). The van der Waals surface area contributed by atoms with Crippen molar-refractivity contribution in [3.63, 3.8) is 0 Å². The van der Waals surface area contributed by atoms with E-state index in [2.05, 4.69) is 5.32 Å². The van der Waals surface area contributed by atoms with Crippen LogP contribution in [0.1, 0.15) is 32.4 Å². The molecular weight excluding hydrogens is 232 g/mol. The van der Waals surface area contributed by atoms with E-state index in [1.54, 1.807) is 0 Å². The molecule has 4 heteroatoms. The Bertz CT molecular complexity index is 366. The molecule has 0 heterocycles. The Morgan fingerprint density at radius 3 is 2.38 bits per heavy atom. The van der Waals surface area contributed by atoms with Crippen molar-refractivity contribution in [3.8, 4) is 0 Å². The SMILES string of the molecule is CCNC(c1cc(F)c(Cl)cc1F)C(C)C. The molecule has 0 bridgehead atoms. The van der Waals surface area contributed by atoms with Crippen molar-refractivity contribution < 1.29 is 8.78 Å². The third kappa shape index (κ3) is 2.92. The van der Waals surface area contributed by atoms with Crippen LogP contribution in [0, 0.1) is 17.6 Å². The minimum Gasteiger partial charge on any atom is -0.310 e. The predicted molar refractivity (Wildman–Crippen MR) is 62.6 cm³/mol. The summed E-state index contributed by atoms with van der Waals surface area (Å²) in [6.07, 6.45) is 0. The molecule has 0 aromatic heterocycles. The minimum atomic E-state index is -0.582. The van der Waals surface area contributed by atoms with Crippen LogP contribution in [-0.2, 0) is 0 Å². The fourth-order valence-corrected chi connectivity index (χ4v) is 1.85. The molecule has 0 aliphatic heterocycles. The van der Waals surface area contributed by atoms with Gasteiger partial charge in [0.2, 0.25) is 0 Å². The zero-order chi connectivity index (χ0) is 12.3. The van der Waals surface area contributed by atoms with Gasteiger partial charge in [-0.3, -0.25) is 0 Å². The predicted octanol–water partition coefficient (Wildman–Crippen LogP) is 3.92. The third-order valence-corrected chi connectivity index (χ3v) is 2.76. The normalized spacial score (nSPS) is 13.2. The Morgan fingerprint density at radius 1 is 1.25 bits per heavy atom. The first-order valence-electron chi connectivity index (χ1n) is 5.35. The van der Waals surface area contributed by atoms with Crippen LogP contribution in [0.5, 0.6) is 0 Å². The molecule has 1 unspecified atom stereocenters. The molecule has 0 aliphatic rings. The number of halogens is 3. The maximum Gasteiger partial charge on any atom is 0.142 e. The molecule has 0 radical (unpaired) electrons. The average Bonchev–Trinajstić information content (AvgIpc) is 2.20. The lowest BCUT2D eigenvalue weighted by molar-refractivity contribution is 0.403. The van der Waals surface area contributed by atoms with Gasteiger partial charge in [0, 0.05) is 11.6 Å². The molecule has 0 saturated carbocycles. The van der Waals surface area contributed by atoms with E-state index in [9.17, 15) is 8.78 Å². The number of hydrogen-bond donors (Lipinski definition) is 1. The van der Waals surface area contributed by atoms with Crippen molar-refractivity contribution in [2.45, 2.75) is 26.8 Å². The zero-order valence-electron chi connectivity index (χ0n) is 9.65. The van der Waals surface area contributed by atoms with Crippen LogP contribution in [0.4, 0.5) is 8.78 Å². The van der Waals surface area contributed by atoms with Gasteiger partial charge in [0.25, 0.3) is 0 Å². The summed E-state index contributed by atoms with van der Waals surface area (Å²) >= 11 is 5.51. The Kier molecular flexibility index (Phi) is 4.69. The van der Waals surface area contributed by atoms with E-state index in [1.807, 2.05) is 20.8 Å². The summed E-state index contributed by atoms with van der Waals surface area (Å²) in [5, 5.41) is 2.96. The fraction of sp³-hybridized carbons (Fsp3) is 0.500. The number of rotatable bonds is 4. The lowest BCUT2D eigenvalue weighted by atomic mass is 9.95. The van der Waals surface area contributed by atoms with E-state index in [1.165, 1.54) is 6.07 Å². The van der Waals surface area contributed by atoms with E-state index in [4.69, 9.17) is 11.6 Å². The summed E-state index contributed by atoms with van der Waals surface area (Å²) in [5.41, 5.74) is 0.332. The van der Waals surface area contributed by atoms with Crippen molar-refractivity contribution in [2.75, 3.05) is 6.54 Å². The minimum absolute atomic E-state index is 0.176. The van der Waals surface area contributed by atoms with Gasteiger partial charge in [-0.25, -0.2) is 8.78 Å². The molecule has 90 valence electrons. The molecular formula is C12H16ClF2N. The highest BCUT2D eigenvalue weighted by molar-refractivity contribution is 6.30. The third-order valence-electron chi connectivity index (χ3n) is 2.47. The average molecular weight is 248 g/mol. The van der Waals surface area contributed by atoms with Crippen molar-refractivity contribution in [1.29, 1.82) is 0 Å². The van der Waals surface area contributed by atoms with E-state index < -0.39 is 11.6 Å². The summed E-state index contributed by atoms with van der Waals surface area (Å²) < 4.78 is 27.0. The number of nitrogens with one attached hydrogen (secondary N) is 1. The Morgan fingerprint density at radius 2 is 1.88 bits per heavy atom. The van der Waals surface area contributed by atoms with Crippen molar-refractivity contribution >= 4 is 11.6 Å². The fourth-order valence-electron chi connectivity index (χ4n) is 1.70. The molecule has 1 N–H and O–H groups in total. The van der Waals surface area contributed by atoms with Gasteiger partial charge in [0.05, 0.1) is 5.02 Å². The van der Waals surface area contributed by atoms with Crippen LogP contribution in [-0.4, -0.2) is 6.54 Å². The first-order chi connectivity index (χ1) is 7.47. The second kappa shape index (κ2) is 5.60. The van der Waals surface area contributed by atoms with Crippen molar-refractivity contribution in [2.24, 2.45) is 5.92 Å². The first kappa shape index (κ1) is 13.4. The smallest absolute Gasteiger partial charge is 0.142 e. The summed E-state index contributed by atoms with van der Waals surface area (Å²) in [7, 11) is 0. The highest BCUT2D eigenvalue weighted by Gasteiger charge is 2.20. The molecule has 16 heavy (non-hydrogen) atoms. The monoisotopic (exact) mass is 247 g/mol. The first-order valence-corrected chi connectivity index (χ1v) is 5.73.